The van der Waals surface area contributed by atoms with Crippen LogP contribution in [0.3, 0.4) is 0 Å². The lowest BCUT2D eigenvalue weighted by molar-refractivity contribution is -0.0268. The number of hydrogen-bond acceptors (Lipinski definition) is 6. The number of methoxy groups -OCH3 is 1. The largest absolute Gasteiger partial charge is 0.496 e. The van der Waals surface area contributed by atoms with Crippen LogP contribution in [-0.4, -0.2) is 52.9 Å². The minimum Gasteiger partial charge on any atom is -0.496 e. The van der Waals surface area contributed by atoms with E-state index >= 15 is 0 Å². The highest BCUT2D eigenvalue weighted by Gasteiger charge is 2.34. The first kappa shape index (κ1) is 28.7. The lowest BCUT2D eigenvalue weighted by atomic mass is 9.84. The van der Waals surface area contributed by atoms with Gasteiger partial charge in [-0.05, 0) is 61.6 Å². The molecule has 0 aromatic heterocycles. The molecule has 1 fully saturated rings. The quantitative estimate of drug-likeness (QED) is 0.277. The number of likely N-dealkylation sites (tertiary alicyclic amines) is 1. The molecule has 1 aliphatic heterocycles. The number of nitrogens with one attached hydrogen (secondary N) is 1. The second-order valence-electron chi connectivity index (χ2n) is 10.3. The van der Waals surface area contributed by atoms with Gasteiger partial charge in [0, 0.05) is 43.0 Å². The molecule has 0 atom stereocenters. The Hall–Kier alpha value is -4.31. The monoisotopic (exact) mass is 552 g/mol. The maximum atomic E-state index is 13.4. The number of nitrogens with zero attached hydrogens (tertiary/aromatic N) is 1. The van der Waals surface area contributed by atoms with Gasteiger partial charge in [-0.2, -0.15) is 0 Å². The molecule has 1 aliphatic rings. The topological polar surface area (TPSA) is 118 Å². The van der Waals surface area contributed by atoms with E-state index in [0.717, 1.165) is 0 Å². The molecule has 1 saturated heterocycles. The summed E-state index contributed by atoms with van der Waals surface area (Å²) in [6.45, 7) is 4.96. The van der Waals surface area contributed by atoms with Crippen molar-refractivity contribution in [3.05, 3.63) is 72.0 Å². The Morgan fingerprint density at radius 1 is 0.950 bits per heavy atom. The van der Waals surface area contributed by atoms with Crippen molar-refractivity contribution in [1.29, 1.82) is 0 Å². The molecule has 1 heterocycles. The molecule has 40 heavy (non-hydrogen) atoms. The van der Waals surface area contributed by atoms with Crippen LogP contribution in [-0.2, 0) is 0 Å². The molecule has 3 N–H and O–H groups in total. The van der Waals surface area contributed by atoms with E-state index in [9.17, 15) is 24.2 Å². The molecule has 4 rings (SSSR count). The SMILES string of the molecule is COc1cc(Oc2cc(NC(=O)N3CCC(O)(CC(C)C)CC3)cc(Oc3ccc(F)cc3)c2)ccc1C(=O)O. The summed E-state index contributed by atoms with van der Waals surface area (Å²) in [7, 11) is 1.36. The molecule has 0 aliphatic carbocycles. The number of ether oxygens (including phenoxy) is 3. The first-order chi connectivity index (χ1) is 19.0. The second-order valence-corrected chi connectivity index (χ2v) is 10.3. The Bertz CT molecular complexity index is 1350. The number of anilines is 1. The highest BCUT2D eigenvalue weighted by Crippen LogP contribution is 2.35. The van der Waals surface area contributed by atoms with Crippen LogP contribution >= 0.6 is 0 Å². The third-order valence-electron chi connectivity index (χ3n) is 6.59. The van der Waals surface area contributed by atoms with Crippen molar-refractivity contribution in [2.45, 2.75) is 38.7 Å². The highest BCUT2D eigenvalue weighted by molar-refractivity contribution is 5.91. The van der Waals surface area contributed by atoms with Crippen molar-refractivity contribution in [3.8, 4) is 28.7 Å². The summed E-state index contributed by atoms with van der Waals surface area (Å²) in [4.78, 5) is 26.2. The number of aliphatic hydroxyl groups is 1. The molecule has 3 aromatic carbocycles. The number of aromatic carboxylic acids is 1. The molecular formula is C30H33FN2O7. The number of carboxylic acid groups (broad SMARTS) is 1. The van der Waals surface area contributed by atoms with Crippen molar-refractivity contribution in [3.63, 3.8) is 0 Å². The van der Waals surface area contributed by atoms with Gasteiger partial charge in [0.15, 0.2) is 0 Å². The van der Waals surface area contributed by atoms with Crippen LogP contribution in [0.15, 0.2) is 60.7 Å². The summed E-state index contributed by atoms with van der Waals surface area (Å²) in [5.74, 6) is 0.236. The zero-order valence-corrected chi connectivity index (χ0v) is 22.6. The summed E-state index contributed by atoms with van der Waals surface area (Å²) in [5.41, 5.74) is -0.402. The Morgan fingerprint density at radius 3 is 2.12 bits per heavy atom. The van der Waals surface area contributed by atoms with E-state index < -0.39 is 17.4 Å². The fourth-order valence-electron chi connectivity index (χ4n) is 4.74. The number of amides is 2. The smallest absolute Gasteiger partial charge is 0.339 e. The standard InChI is InChI=1S/C30H33FN2O7/c1-19(2)18-30(37)10-12-33(13-11-30)29(36)32-21-14-24(39-22-6-4-20(31)5-7-22)16-25(15-21)40-23-8-9-26(28(34)35)27(17-23)38-3/h4-9,14-17,19,37H,10-13,18H2,1-3H3,(H,32,36)(H,34,35). The molecule has 10 heteroatoms. The van der Waals surface area contributed by atoms with Gasteiger partial charge in [0.25, 0.3) is 0 Å². The predicted octanol–water partition coefficient (Wildman–Crippen LogP) is 6.52. The first-order valence-electron chi connectivity index (χ1n) is 13.0. The number of benzene rings is 3. The average molecular weight is 553 g/mol. The highest BCUT2D eigenvalue weighted by atomic mass is 19.1. The third kappa shape index (κ3) is 7.41. The van der Waals surface area contributed by atoms with Gasteiger partial charge in [-0.15, -0.1) is 0 Å². The lowest BCUT2D eigenvalue weighted by Gasteiger charge is -2.39. The van der Waals surface area contributed by atoms with Crippen LogP contribution < -0.4 is 19.5 Å². The van der Waals surface area contributed by atoms with Gasteiger partial charge in [0.2, 0.25) is 0 Å². The number of piperidine rings is 1. The van der Waals surface area contributed by atoms with Crippen molar-refractivity contribution < 1.29 is 38.4 Å². The maximum Gasteiger partial charge on any atom is 0.339 e. The van der Waals surface area contributed by atoms with Crippen LogP contribution in [0.5, 0.6) is 28.7 Å². The molecule has 9 nitrogen and oxygen atoms in total. The van der Waals surface area contributed by atoms with Gasteiger partial charge in [-0.3, -0.25) is 0 Å². The van der Waals surface area contributed by atoms with Crippen LogP contribution in [0.2, 0.25) is 0 Å². The minimum atomic E-state index is -1.14. The predicted molar refractivity (Wildman–Crippen MR) is 147 cm³/mol. The van der Waals surface area contributed by atoms with E-state index in [0.29, 0.717) is 67.0 Å². The number of carbonyl (C=O) groups is 2. The van der Waals surface area contributed by atoms with Gasteiger partial charge in [-0.25, -0.2) is 14.0 Å². The summed E-state index contributed by atoms with van der Waals surface area (Å²) in [6, 6.07) is 14.3. The van der Waals surface area contributed by atoms with Gasteiger partial charge in [-0.1, -0.05) is 13.8 Å². The summed E-state index contributed by atoms with van der Waals surface area (Å²) >= 11 is 0. The molecule has 0 unspecified atom stereocenters. The van der Waals surface area contributed by atoms with E-state index in [1.165, 1.54) is 49.6 Å². The number of rotatable bonds is 9. The van der Waals surface area contributed by atoms with Crippen LogP contribution in [0.4, 0.5) is 14.9 Å². The zero-order valence-electron chi connectivity index (χ0n) is 22.6. The first-order valence-corrected chi connectivity index (χ1v) is 13.0. The Morgan fingerprint density at radius 2 is 1.55 bits per heavy atom. The number of halogens is 1. The molecule has 0 bridgehead atoms. The molecule has 3 aromatic rings. The van der Waals surface area contributed by atoms with Crippen molar-refractivity contribution in [2.24, 2.45) is 5.92 Å². The number of hydrogen-bond donors (Lipinski definition) is 3. The molecule has 0 radical (unpaired) electrons. The number of urea groups is 1. The van der Waals surface area contributed by atoms with E-state index in [1.807, 2.05) is 0 Å². The maximum absolute atomic E-state index is 13.4. The van der Waals surface area contributed by atoms with E-state index in [1.54, 1.807) is 23.1 Å². The van der Waals surface area contributed by atoms with Gasteiger partial charge in [0.05, 0.1) is 12.7 Å². The van der Waals surface area contributed by atoms with Crippen LogP contribution in [0, 0.1) is 11.7 Å². The summed E-state index contributed by atoms with van der Waals surface area (Å²) in [6.07, 6.45) is 1.67. The Kier molecular flexibility index (Phi) is 8.79. The summed E-state index contributed by atoms with van der Waals surface area (Å²) < 4.78 is 30.4. The van der Waals surface area contributed by atoms with Crippen LogP contribution in [0.1, 0.15) is 43.5 Å². The van der Waals surface area contributed by atoms with Crippen molar-refractivity contribution in [1.82, 2.24) is 4.90 Å². The molecule has 212 valence electrons. The fraction of sp³-hybridized carbons (Fsp3) is 0.333. The molecule has 0 spiro atoms. The molecule has 2 amide bonds. The van der Waals surface area contributed by atoms with Gasteiger partial charge >= 0.3 is 12.0 Å². The van der Waals surface area contributed by atoms with E-state index in [2.05, 4.69) is 19.2 Å². The molecular weight excluding hydrogens is 519 g/mol. The number of carboxylic acids is 1. The fourth-order valence-corrected chi connectivity index (χ4v) is 4.74. The van der Waals surface area contributed by atoms with Crippen molar-refractivity contribution >= 4 is 17.7 Å². The Balaban J connectivity index is 1.55. The van der Waals surface area contributed by atoms with E-state index in [4.69, 9.17) is 14.2 Å². The second kappa shape index (κ2) is 12.3. The minimum absolute atomic E-state index is 0.0157. The van der Waals surface area contributed by atoms with Gasteiger partial charge < -0.3 is 34.6 Å². The molecule has 0 saturated carbocycles. The van der Waals surface area contributed by atoms with E-state index in [-0.39, 0.29) is 17.3 Å². The Labute approximate surface area is 232 Å². The van der Waals surface area contributed by atoms with Gasteiger partial charge in [0.1, 0.15) is 40.1 Å². The zero-order chi connectivity index (χ0) is 28.9. The van der Waals surface area contributed by atoms with Crippen molar-refractivity contribution in [2.75, 3.05) is 25.5 Å². The normalized spacial score (nSPS) is 14.5. The summed E-state index contributed by atoms with van der Waals surface area (Å²) in [5, 5.41) is 23.0. The number of carbonyl (C=O) groups excluding carboxylic acids is 1. The lowest BCUT2D eigenvalue weighted by Crippen LogP contribution is -2.48. The average Bonchev–Trinajstić information content (AvgIpc) is 2.89. The van der Waals surface area contributed by atoms with Crippen LogP contribution in [0.25, 0.3) is 0 Å². The third-order valence-corrected chi connectivity index (χ3v) is 6.59.